The van der Waals surface area contributed by atoms with E-state index in [2.05, 4.69) is 20.6 Å². The summed E-state index contributed by atoms with van der Waals surface area (Å²) in [4.78, 5) is 0. The first-order valence-corrected chi connectivity index (χ1v) is 11.5. The number of aliphatic hydroxyl groups excluding tert-OH is 2. The SMILES string of the molecule is CO[C@@H]1[C@@H](n2cc(-c3cc(F)c(F)c(F)c3)nn2)[C@@H](O)[C@@H](CO)O[C@@H]1Cn1cc(-c2cccc(F)c2)nn1. The maximum absolute atomic E-state index is 13.7. The summed E-state index contributed by atoms with van der Waals surface area (Å²) in [5.41, 5.74) is 0.897. The highest BCUT2D eigenvalue weighted by atomic mass is 19.2. The largest absolute Gasteiger partial charge is 0.394 e. The quantitative estimate of drug-likeness (QED) is 0.273. The number of aromatic nitrogens is 6. The summed E-state index contributed by atoms with van der Waals surface area (Å²) < 4.78 is 68.7. The van der Waals surface area contributed by atoms with E-state index in [1.54, 1.807) is 18.3 Å². The minimum absolute atomic E-state index is 0.0180. The van der Waals surface area contributed by atoms with E-state index in [0.29, 0.717) is 11.3 Å². The second-order valence-electron chi connectivity index (χ2n) is 8.75. The molecule has 38 heavy (non-hydrogen) atoms. The molecule has 0 saturated carbocycles. The first kappa shape index (κ1) is 25.9. The van der Waals surface area contributed by atoms with E-state index in [9.17, 15) is 27.8 Å². The number of benzene rings is 2. The van der Waals surface area contributed by atoms with Gasteiger partial charge in [-0.1, -0.05) is 22.6 Å². The van der Waals surface area contributed by atoms with Crippen molar-refractivity contribution in [1.82, 2.24) is 30.0 Å². The van der Waals surface area contributed by atoms with E-state index in [4.69, 9.17) is 9.47 Å². The van der Waals surface area contributed by atoms with Crippen molar-refractivity contribution in [2.24, 2.45) is 0 Å². The molecule has 3 heterocycles. The van der Waals surface area contributed by atoms with Gasteiger partial charge < -0.3 is 19.7 Å². The standard InChI is InChI=1S/C24H22F4N6O4/c1-37-24-19(10-33-8-17(29-31-33)12-3-2-4-14(25)5-12)38-20(11-35)23(36)22(24)34-9-18(30-32-34)13-6-15(26)21(28)16(27)7-13/h2-9,19-20,22-24,35-36H,10-11H2,1H3/t19-,20-,22+,23+,24+/m1/s1. The topological polar surface area (TPSA) is 120 Å². The average molecular weight is 534 g/mol. The van der Waals surface area contributed by atoms with Crippen LogP contribution in [0.4, 0.5) is 17.6 Å². The maximum Gasteiger partial charge on any atom is 0.194 e. The predicted octanol–water partition coefficient (Wildman–Crippen LogP) is 2.14. The molecule has 0 unspecified atom stereocenters. The molecule has 2 aromatic carbocycles. The highest BCUT2D eigenvalue weighted by molar-refractivity contribution is 5.58. The normalized spacial score (nSPS) is 23.6. The Balaban J connectivity index is 1.43. The Kier molecular flexibility index (Phi) is 7.21. The lowest BCUT2D eigenvalue weighted by molar-refractivity contribution is -0.216. The summed E-state index contributed by atoms with van der Waals surface area (Å²) in [6.07, 6.45) is -1.08. The minimum Gasteiger partial charge on any atom is -0.394 e. The fourth-order valence-corrected chi connectivity index (χ4v) is 4.52. The third-order valence-electron chi connectivity index (χ3n) is 6.36. The Labute approximate surface area is 213 Å². The molecule has 200 valence electrons. The van der Waals surface area contributed by atoms with Crippen LogP contribution in [0.2, 0.25) is 0 Å². The molecule has 1 aliphatic heterocycles. The summed E-state index contributed by atoms with van der Waals surface area (Å²) in [6, 6.07) is 6.47. The van der Waals surface area contributed by atoms with Crippen molar-refractivity contribution in [3.63, 3.8) is 0 Å². The number of ether oxygens (including phenoxy) is 2. The zero-order chi connectivity index (χ0) is 27.0. The summed E-state index contributed by atoms with van der Waals surface area (Å²) >= 11 is 0. The molecule has 1 aliphatic rings. The van der Waals surface area contributed by atoms with Crippen LogP contribution in [0.25, 0.3) is 22.5 Å². The van der Waals surface area contributed by atoms with Crippen LogP contribution in [0, 0.1) is 23.3 Å². The van der Waals surface area contributed by atoms with Crippen LogP contribution in [0.5, 0.6) is 0 Å². The van der Waals surface area contributed by atoms with Gasteiger partial charge in [0.25, 0.3) is 0 Å². The van der Waals surface area contributed by atoms with Crippen LogP contribution in [-0.2, 0) is 16.0 Å². The Morgan fingerprint density at radius 1 is 0.947 bits per heavy atom. The lowest BCUT2D eigenvalue weighted by atomic mass is 9.92. The van der Waals surface area contributed by atoms with E-state index in [1.165, 1.54) is 34.8 Å². The van der Waals surface area contributed by atoms with Gasteiger partial charge in [0.05, 0.1) is 25.5 Å². The Morgan fingerprint density at radius 2 is 1.66 bits per heavy atom. The van der Waals surface area contributed by atoms with Crippen molar-refractivity contribution < 1.29 is 37.2 Å². The van der Waals surface area contributed by atoms with Gasteiger partial charge in [0, 0.05) is 18.2 Å². The van der Waals surface area contributed by atoms with E-state index in [-0.39, 0.29) is 17.8 Å². The summed E-state index contributed by atoms with van der Waals surface area (Å²) in [5, 5.41) is 36.8. The van der Waals surface area contributed by atoms with Gasteiger partial charge in [0.1, 0.15) is 47.7 Å². The number of halogens is 4. The molecule has 0 radical (unpaired) electrons. The fourth-order valence-electron chi connectivity index (χ4n) is 4.52. The molecule has 2 aromatic heterocycles. The molecule has 0 spiro atoms. The summed E-state index contributed by atoms with van der Waals surface area (Å²) in [5.74, 6) is -4.81. The van der Waals surface area contributed by atoms with Crippen LogP contribution in [0.1, 0.15) is 6.04 Å². The van der Waals surface area contributed by atoms with Gasteiger partial charge in [-0.3, -0.25) is 0 Å². The lowest BCUT2D eigenvalue weighted by Gasteiger charge is -2.43. The molecular weight excluding hydrogens is 512 g/mol. The Morgan fingerprint density at radius 3 is 2.34 bits per heavy atom. The van der Waals surface area contributed by atoms with Gasteiger partial charge in [-0.15, -0.1) is 10.2 Å². The van der Waals surface area contributed by atoms with Crippen LogP contribution in [-0.4, -0.2) is 78.3 Å². The number of hydrogen-bond donors (Lipinski definition) is 2. The molecule has 5 atom stereocenters. The predicted molar refractivity (Wildman–Crippen MR) is 122 cm³/mol. The highest BCUT2D eigenvalue weighted by Crippen LogP contribution is 2.33. The molecule has 4 aromatic rings. The molecule has 1 fully saturated rings. The van der Waals surface area contributed by atoms with Gasteiger partial charge in [0.2, 0.25) is 0 Å². The molecule has 10 nitrogen and oxygen atoms in total. The van der Waals surface area contributed by atoms with Crippen LogP contribution >= 0.6 is 0 Å². The first-order valence-electron chi connectivity index (χ1n) is 11.5. The van der Waals surface area contributed by atoms with Crippen molar-refractivity contribution in [1.29, 1.82) is 0 Å². The molecule has 5 rings (SSSR count). The second kappa shape index (κ2) is 10.6. The molecule has 1 saturated heterocycles. The summed E-state index contributed by atoms with van der Waals surface area (Å²) in [7, 11) is 1.39. The molecule has 0 aliphatic carbocycles. The highest BCUT2D eigenvalue weighted by Gasteiger charge is 2.47. The zero-order valence-corrected chi connectivity index (χ0v) is 19.8. The van der Waals surface area contributed by atoms with Gasteiger partial charge >= 0.3 is 0 Å². The van der Waals surface area contributed by atoms with Crippen molar-refractivity contribution in [3.05, 3.63) is 72.1 Å². The number of nitrogens with zero attached hydrogens (tertiary/aromatic N) is 6. The number of methoxy groups -OCH3 is 1. The zero-order valence-electron chi connectivity index (χ0n) is 19.8. The summed E-state index contributed by atoms with van der Waals surface area (Å²) in [6.45, 7) is -0.455. The van der Waals surface area contributed by atoms with Crippen molar-refractivity contribution in [3.8, 4) is 22.5 Å². The fraction of sp³-hybridized carbons (Fsp3) is 0.333. The van der Waals surface area contributed by atoms with Crippen LogP contribution in [0.15, 0.2) is 48.8 Å². The molecule has 14 heteroatoms. The van der Waals surface area contributed by atoms with Gasteiger partial charge in [0.15, 0.2) is 17.5 Å². The van der Waals surface area contributed by atoms with Gasteiger partial charge in [-0.2, -0.15) is 0 Å². The smallest absolute Gasteiger partial charge is 0.194 e. The Bertz CT molecular complexity index is 1410. The van der Waals surface area contributed by atoms with E-state index in [0.717, 1.165) is 12.1 Å². The van der Waals surface area contributed by atoms with E-state index >= 15 is 0 Å². The monoisotopic (exact) mass is 534 g/mol. The molecular formula is C24H22F4N6O4. The van der Waals surface area contributed by atoms with E-state index in [1.807, 2.05) is 0 Å². The molecule has 2 N–H and O–H groups in total. The number of hydrogen-bond acceptors (Lipinski definition) is 8. The van der Waals surface area contributed by atoms with Crippen LogP contribution < -0.4 is 0 Å². The maximum atomic E-state index is 13.7. The minimum atomic E-state index is -1.61. The van der Waals surface area contributed by atoms with Gasteiger partial charge in [-0.25, -0.2) is 26.9 Å². The third kappa shape index (κ3) is 4.90. The number of aliphatic hydroxyl groups is 2. The Hall–Kier alpha value is -3.72. The van der Waals surface area contributed by atoms with Gasteiger partial charge in [-0.05, 0) is 24.3 Å². The van der Waals surface area contributed by atoms with E-state index < -0.39 is 60.3 Å². The van der Waals surface area contributed by atoms with Crippen molar-refractivity contribution in [2.45, 2.75) is 37.0 Å². The van der Waals surface area contributed by atoms with Crippen molar-refractivity contribution in [2.75, 3.05) is 13.7 Å². The average Bonchev–Trinajstić information content (AvgIpc) is 3.58. The second-order valence-corrected chi connectivity index (χ2v) is 8.75. The number of rotatable bonds is 7. The lowest BCUT2D eigenvalue weighted by Crippen LogP contribution is -2.57. The van der Waals surface area contributed by atoms with Crippen molar-refractivity contribution >= 4 is 0 Å². The third-order valence-corrected chi connectivity index (χ3v) is 6.36. The molecule has 0 bridgehead atoms. The molecule has 0 amide bonds. The first-order chi connectivity index (χ1) is 18.3. The van der Waals surface area contributed by atoms with Crippen LogP contribution in [0.3, 0.4) is 0 Å².